The summed E-state index contributed by atoms with van der Waals surface area (Å²) in [6.07, 6.45) is 5.37. The minimum atomic E-state index is -1.05. The van der Waals surface area contributed by atoms with Crippen molar-refractivity contribution in [1.82, 2.24) is 15.1 Å². The molecular weight excluding hydrogens is 331 g/mol. The van der Waals surface area contributed by atoms with Crippen LogP contribution in [0.4, 0.5) is 10.1 Å². The van der Waals surface area contributed by atoms with Crippen molar-refractivity contribution in [2.75, 3.05) is 12.0 Å². The monoisotopic (exact) mass is 348 g/mol. The molecule has 0 aliphatic carbocycles. The van der Waals surface area contributed by atoms with Gasteiger partial charge in [0.1, 0.15) is 6.67 Å². The third kappa shape index (κ3) is 3.74. The number of nitrogens with zero attached hydrogens (tertiary/aromatic N) is 3. The number of alkyl halides is 1. The smallest absolute Gasteiger partial charge is 0.202 e. The molecule has 1 aromatic heterocycles. The van der Waals surface area contributed by atoms with E-state index >= 15 is 0 Å². The number of guanidine groups is 1. The summed E-state index contributed by atoms with van der Waals surface area (Å²) in [4.78, 5) is 4.50. The number of aliphatic imine (C=N–C) groups is 1. The van der Waals surface area contributed by atoms with Crippen LogP contribution in [0.3, 0.4) is 0 Å². The molecule has 1 aromatic carbocycles. The summed E-state index contributed by atoms with van der Waals surface area (Å²) in [5.74, 6) is 0.456. The van der Waals surface area contributed by atoms with Gasteiger partial charge in [-0.2, -0.15) is 5.10 Å². The molecule has 1 unspecified atom stereocenters. The third-order valence-corrected chi connectivity index (χ3v) is 4.02. The molecule has 0 spiro atoms. The van der Waals surface area contributed by atoms with E-state index in [1.807, 2.05) is 30.3 Å². The molecule has 126 valence electrons. The first-order chi connectivity index (χ1) is 11.6. The van der Waals surface area contributed by atoms with Crippen LogP contribution in [0.5, 0.6) is 0 Å². The van der Waals surface area contributed by atoms with Gasteiger partial charge >= 0.3 is 0 Å². The van der Waals surface area contributed by atoms with E-state index in [9.17, 15) is 4.39 Å². The average molecular weight is 349 g/mol. The number of nitrogens with two attached hydrogens (primary N) is 1. The molecule has 3 rings (SSSR count). The minimum absolute atomic E-state index is 0.210. The Morgan fingerprint density at radius 3 is 2.88 bits per heavy atom. The zero-order valence-electron chi connectivity index (χ0n) is 12.9. The number of aromatic nitrogens is 2. The second kappa shape index (κ2) is 7.02. The van der Waals surface area contributed by atoms with E-state index in [1.165, 1.54) is 4.68 Å². The number of halogens is 2. The maximum atomic E-state index is 12.3. The van der Waals surface area contributed by atoms with Crippen molar-refractivity contribution in [2.24, 2.45) is 10.7 Å². The van der Waals surface area contributed by atoms with E-state index in [4.69, 9.17) is 17.3 Å². The molecule has 0 saturated carbocycles. The highest BCUT2D eigenvalue weighted by atomic mass is 35.5. The Kier molecular flexibility index (Phi) is 4.82. The third-order valence-electron chi connectivity index (χ3n) is 3.59. The van der Waals surface area contributed by atoms with E-state index in [1.54, 1.807) is 18.6 Å². The van der Waals surface area contributed by atoms with E-state index in [0.717, 1.165) is 5.56 Å². The van der Waals surface area contributed by atoms with Crippen molar-refractivity contribution >= 4 is 23.2 Å². The van der Waals surface area contributed by atoms with Gasteiger partial charge in [-0.3, -0.25) is 4.68 Å². The standard InChI is InChI=1S/C16H18ClFN6/c17-14-10-20-15(22-13-9-21-24(11-13)7-6-18)23-16(14,19)8-12-4-2-1-3-5-12/h1-5,9-11H,6-8,19H2,(H2,20,22,23). The minimum Gasteiger partial charge on any atom is -0.331 e. The van der Waals surface area contributed by atoms with E-state index in [2.05, 4.69) is 20.7 Å². The number of nitrogens with one attached hydrogen (secondary N) is 2. The fourth-order valence-electron chi connectivity index (χ4n) is 2.41. The van der Waals surface area contributed by atoms with Crippen molar-refractivity contribution in [3.05, 3.63) is 59.5 Å². The van der Waals surface area contributed by atoms with Crippen molar-refractivity contribution in [1.29, 1.82) is 0 Å². The van der Waals surface area contributed by atoms with Crippen LogP contribution in [0.1, 0.15) is 5.56 Å². The molecule has 6 nitrogen and oxygen atoms in total. The molecule has 24 heavy (non-hydrogen) atoms. The number of benzene rings is 1. The molecular formula is C16H18ClFN6. The van der Waals surface area contributed by atoms with E-state index in [0.29, 0.717) is 23.1 Å². The fraction of sp³-hybridized carbons (Fsp3) is 0.250. The summed E-state index contributed by atoms with van der Waals surface area (Å²) >= 11 is 6.27. The van der Waals surface area contributed by atoms with Gasteiger partial charge in [-0.25, -0.2) is 9.38 Å². The SMILES string of the molecule is NC1(Cc2ccccc2)N=C(Nc2cnn(CCF)c2)NC=C1Cl. The Morgan fingerprint density at radius 1 is 1.33 bits per heavy atom. The highest BCUT2D eigenvalue weighted by Gasteiger charge is 2.32. The Morgan fingerprint density at radius 2 is 2.12 bits per heavy atom. The van der Waals surface area contributed by atoms with Crippen molar-refractivity contribution in [3.63, 3.8) is 0 Å². The van der Waals surface area contributed by atoms with Crippen molar-refractivity contribution < 1.29 is 4.39 Å². The topological polar surface area (TPSA) is 80.3 Å². The summed E-state index contributed by atoms with van der Waals surface area (Å²) in [5, 5.41) is 10.5. The quantitative estimate of drug-likeness (QED) is 0.774. The van der Waals surface area contributed by atoms with Gasteiger partial charge in [-0.1, -0.05) is 41.9 Å². The van der Waals surface area contributed by atoms with Gasteiger partial charge in [0.2, 0.25) is 5.96 Å². The largest absolute Gasteiger partial charge is 0.331 e. The normalized spacial score (nSPS) is 20.1. The second-order valence-electron chi connectivity index (χ2n) is 5.49. The lowest BCUT2D eigenvalue weighted by Crippen LogP contribution is -2.47. The van der Waals surface area contributed by atoms with Gasteiger partial charge in [0.25, 0.3) is 0 Å². The van der Waals surface area contributed by atoms with Crippen LogP contribution < -0.4 is 16.4 Å². The number of hydrogen-bond donors (Lipinski definition) is 3. The Balaban J connectivity index is 1.76. The Hall–Kier alpha value is -2.38. The van der Waals surface area contributed by atoms with Gasteiger partial charge in [-0.05, 0) is 5.56 Å². The maximum absolute atomic E-state index is 12.3. The van der Waals surface area contributed by atoms with Crippen LogP contribution >= 0.6 is 11.6 Å². The number of anilines is 1. The van der Waals surface area contributed by atoms with Crippen LogP contribution in [0.25, 0.3) is 0 Å². The van der Waals surface area contributed by atoms with Gasteiger partial charge in [-0.15, -0.1) is 0 Å². The fourth-order valence-corrected chi connectivity index (χ4v) is 2.57. The molecule has 0 bridgehead atoms. The first-order valence-electron chi connectivity index (χ1n) is 7.50. The van der Waals surface area contributed by atoms with E-state index in [-0.39, 0.29) is 6.54 Å². The molecule has 2 heterocycles. The summed E-state index contributed by atoms with van der Waals surface area (Å²) in [6.45, 7) is -0.260. The average Bonchev–Trinajstić information content (AvgIpc) is 2.99. The first-order valence-corrected chi connectivity index (χ1v) is 7.88. The first kappa shape index (κ1) is 16.5. The van der Waals surface area contributed by atoms with Crippen LogP contribution in [0.15, 0.2) is 59.0 Å². The Labute approximate surface area is 144 Å². The van der Waals surface area contributed by atoms with Gasteiger partial charge in [0.15, 0.2) is 5.66 Å². The predicted octanol–water partition coefficient (Wildman–Crippen LogP) is 2.20. The zero-order valence-corrected chi connectivity index (χ0v) is 13.7. The summed E-state index contributed by atoms with van der Waals surface area (Å²) in [7, 11) is 0. The molecule has 2 aromatic rings. The van der Waals surface area contributed by atoms with Crippen LogP contribution in [-0.2, 0) is 13.0 Å². The van der Waals surface area contributed by atoms with Crippen LogP contribution in [0, 0.1) is 0 Å². The van der Waals surface area contributed by atoms with Gasteiger partial charge in [0, 0.05) is 18.8 Å². The molecule has 0 saturated heterocycles. The number of rotatable bonds is 5. The zero-order chi connectivity index (χ0) is 17.0. The highest BCUT2D eigenvalue weighted by Crippen LogP contribution is 2.26. The molecule has 1 aliphatic rings. The summed E-state index contributed by atoms with van der Waals surface area (Å²) in [6, 6.07) is 9.78. The molecule has 1 atom stereocenters. The number of aryl methyl sites for hydroxylation is 1. The van der Waals surface area contributed by atoms with Gasteiger partial charge < -0.3 is 16.4 Å². The predicted molar refractivity (Wildman–Crippen MR) is 93.4 cm³/mol. The molecule has 0 radical (unpaired) electrons. The van der Waals surface area contributed by atoms with Crippen LogP contribution in [-0.4, -0.2) is 28.1 Å². The summed E-state index contributed by atoms with van der Waals surface area (Å²) in [5.41, 5.74) is 7.06. The maximum Gasteiger partial charge on any atom is 0.202 e. The lowest BCUT2D eigenvalue weighted by atomic mass is 10.00. The molecule has 0 fully saturated rings. The lowest BCUT2D eigenvalue weighted by molar-refractivity contribution is 0.427. The Bertz CT molecular complexity index is 757. The molecule has 8 heteroatoms. The van der Waals surface area contributed by atoms with Crippen molar-refractivity contribution in [2.45, 2.75) is 18.6 Å². The molecule has 0 amide bonds. The number of hydrogen-bond acceptors (Lipinski definition) is 5. The highest BCUT2D eigenvalue weighted by molar-refractivity contribution is 6.31. The van der Waals surface area contributed by atoms with Crippen molar-refractivity contribution in [3.8, 4) is 0 Å². The van der Waals surface area contributed by atoms with Gasteiger partial charge in [0.05, 0.1) is 23.5 Å². The summed E-state index contributed by atoms with van der Waals surface area (Å²) < 4.78 is 13.9. The molecule has 4 N–H and O–H groups in total. The molecule has 1 aliphatic heterocycles. The second-order valence-corrected chi connectivity index (χ2v) is 5.90. The van der Waals surface area contributed by atoms with Crippen LogP contribution in [0.2, 0.25) is 0 Å². The lowest BCUT2D eigenvalue weighted by Gasteiger charge is -2.29. The van der Waals surface area contributed by atoms with E-state index < -0.39 is 12.3 Å².